The molecule has 0 aliphatic heterocycles. The molecule has 0 saturated carbocycles. The average Bonchev–Trinajstić information content (AvgIpc) is 2.51. The van der Waals surface area contributed by atoms with Gasteiger partial charge in [0, 0.05) is 10.8 Å². The molecule has 0 aliphatic carbocycles. The lowest BCUT2D eigenvalue weighted by Crippen LogP contribution is -1.86. The van der Waals surface area contributed by atoms with Crippen LogP contribution in [0.25, 0.3) is 32.3 Å². The zero-order valence-electron chi connectivity index (χ0n) is 11.2. The second-order valence-electron chi connectivity index (χ2n) is 5.23. The van der Waals surface area contributed by atoms with Crippen LogP contribution in [0.1, 0.15) is 5.56 Å². The molecule has 0 heterocycles. The van der Waals surface area contributed by atoms with Crippen LogP contribution in [0.15, 0.2) is 60.7 Å². The molecule has 0 aliphatic rings. The summed E-state index contributed by atoms with van der Waals surface area (Å²) in [5.74, 6) is 0.387. The fourth-order valence-corrected chi connectivity index (χ4v) is 3.14. The Bertz CT molecular complexity index is 967. The molecule has 1 nitrogen and oxygen atoms in total. The highest BCUT2D eigenvalue weighted by Crippen LogP contribution is 2.40. The molecule has 4 rings (SSSR count). The first-order chi connectivity index (χ1) is 9.77. The molecule has 4 aromatic rings. The van der Waals surface area contributed by atoms with E-state index in [2.05, 4.69) is 37.3 Å². The van der Waals surface area contributed by atoms with Gasteiger partial charge in [0.1, 0.15) is 5.75 Å². The summed E-state index contributed by atoms with van der Waals surface area (Å²) in [7, 11) is 0. The molecular weight excluding hydrogens is 244 g/mol. The molecule has 4 aromatic carbocycles. The molecule has 0 fully saturated rings. The van der Waals surface area contributed by atoms with E-state index in [4.69, 9.17) is 0 Å². The van der Waals surface area contributed by atoms with Crippen LogP contribution < -0.4 is 0 Å². The van der Waals surface area contributed by atoms with Gasteiger partial charge in [-0.05, 0) is 34.0 Å². The van der Waals surface area contributed by atoms with Crippen molar-refractivity contribution in [3.05, 3.63) is 66.2 Å². The van der Waals surface area contributed by atoms with Gasteiger partial charge >= 0.3 is 0 Å². The van der Waals surface area contributed by atoms with Crippen LogP contribution in [-0.2, 0) is 0 Å². The summed E-state index contributed by atoms with van der Waals surface area (Å²) < 4.78 is 0. The summed E-state index contributed by atoms with van der Waals surface area (Å²) in [6.07, 6.45) is 0. The first kappa shape index (κ1) is 11.3. The Balaban J connectivity index is 2.38. The molecule has 0 aromatic heterocycles. The maximum Gasteiger partial charge on any atom is 0.131 e. The first-order valence-electron chi connectivity index (χ1n) is 6.79. The number of aromatic hydroxyl groups is 1. The highest BCUT2D eigenvalue weighted by Gasteiger charge is 2.12. The van der Waals surface area contributed by atoms with E-state index in [1.165, 1.54) is 5.56 Å². The maximum absolute atomic E-state index is 10.7. The van der Waals surface area contributed by atoms with Crippen molar-refractivity contribution in [2.24, 2.45) is 0 Å². The largest absolute Gasteiger partial charge is 0.507 e. The minimum Gasteiger partial charge on any atom is -0.507 e. The number of rotatable bonds is 0. The number of hydrogen-bond donors (Lipinski definition) is 1. The molecule has 96 valence electrons. The summed E-state index contributed by atoms with van der Waals surface area (Å²) in [5.41, 5.74) is 1.22. The van der Waals surface area contributed by atoms with Gasteiger partial charge in [0.05, 0.1) is 0 Å². The van der Waals surface area contributed by atoms with E-state index in [9.17, 15) is 5.11 Å². The van der Waals surface area contributed by atoms with Crippen molar-refractivity contribution in [2.75, 3.05) is 0 Å². The van der Waals surface area contributed by atoms with E-state index >= 15 is 0 Å². The van der Waals surface area contributed by atoms with Crippen LogP contribution in [0.5, 0.6) is 5.75 Å². The highest BCUT2D eigenvalue weighted by atomic mass is 16.3. The topological polar surface area (TPSA) is 20.2 Å². The summed E-state index contributed by atoms with van der Waals surface area (Å²) in [4.78, 5) is 0. The zero-order valence-corrected chi connectivity index (χ0v) is 11.2. The molecule has 0 atom stereocenters. The van der Waals surface area contributed by atoms with Crippen molar-refractivity contribution in [1.29, 1.82) is 0 Å². The Hall–Kier alpha value is -2.54. The van der Waals surface area contributed by atoms with Gasteiger partial charge in [0.2, 0.25) is 0 Å². The SMILES string of the molecule is Cc1c2ccccc2c(O)c2c1ccc1ccccc12. The molecule has 0 unspecified atom stereocenters. The second-order valence-corrected chi connectivity index (χ2v) is 5.23. The number of aryl methyl sites for hydroxylation is 1. The Kier molecular flexibility index (Phi) is 2.25. The number of fused-ring (bicyclic) bond motifs is 4. The minimum absolute atomic E-state index is 0.387. The van der Waals surface area contributed by atoms with Crippen molar-refractivity contribution < 1.29 is 5.11 Å². The fraction of sp³-hybridized carbons (Fsp3) is 0.0526. The smallest absolute Gasteiger partial charge is 0.131 e. The number of phenols is 1. The van der Waals surface area contributed by atoms with Gasteiger partial charge in [0.25, 0.3) is 0 Å². The predicted molar refractivity (Wildman–Crippen MR) is 85.4 cm³/mol. The fourth-order valence-electron chi connectivity index (χ4n) is 3.14. The van der Waals surface area contributed by atoms with Crippen molar-refractivity contribution in [3.63, 3.8) is 0 Å². The molecular formula is C19H14O. The van der Waals surface area contributed by atoms with Gasteiger partial charge in [-0.3, -0.25) is 0 Å². The lowest BCUT2D eigenvalue weighted by Gasteiger charge is -2.12. The molecule has 0 spiro atoms. The quantitative estimate of drug-likeness (QED) is 0.341. The normalized spacial score (nSPS) is 11.4. The van der Waals surface area contributed by atoms with E-state index in [1.807, 2.05) is 30.3 Å². The van der Waals surface area contributed by atoms with Gasteiger partial charge in [0.15, 0.2) is 0 Å². The number of phenolic OH excluding ortho intramolecular Hbond substituents is 1. The van der Waals surface area contributed by atoms with Crippen LogP contribution in [0.3, 0.4) is 0 Å². The maximum atomic E-state index is 10.7. The predicted octanol–water partition coefficient (Wildman–Crippen LogP) is 5.16. The van der Waals surface area contributed by atoms with Gasteiger partial charge in [-0.25, -0.2) is 0 Å². The monoisotopic (exact) mass is 258 g/mol. The molecule has 0 amide bonds. The molecule has 0 saturated heterocycles. The van der Waals surface area contributed by atoms with E-state index in [0.29, 0.717) is 5.75 Å². The molecule has 1 N–H and O–H groups in total. The molecule has 0 bridgehead atoms. The lowest BCUT2D eigenvalue weighted by molar-refractivity contribution is 0.488. The van der Waals surface area contributed by atoms with Crippen LogP contribution in [0.4, 0.5) is 0 Å². The summed E-state index contributed by atoms with van der Waals surface area (Å²) in [5, 5.41) is 17.1. The molecule has 0 radical (unpaired) electrons. The molecule has 20 heavy (non-hydrogen) atoms. The Morgan fingerprint density at radius 2 is 1.30 bits per heavy atom. The standard InChI is InChI=1S/C19H14O/c1-12-14-7-4-5-9-17(14)19(20)18-15(12)11-10-13-6-2-3-8-16(13)18/h2-11,20H,1H3. The van der Waals surface area contributed by atoms with E-state index in [1.54, 1.807) is 0 Å². The van der Waals surface area contributed by atoms with E-state index in [-0.39, 0.29) is 0 Å². The van der Waals surface area contributed by atoms with Gasteiger partial charge in [-0.15, -0.1) is 0 Å². The Morgan fingerprint density at radius 3 is 2.10 bits per heavy atom. The molecule has 1 heteroatoms. The number of hydrogen-bond acceptors (Lipinski definition) is 1. The average molecular weight is 258 g/mol. The van der Waals surface area contributed by atoms with Crippen molar-refractivity contribution in [3.8, 4) is 5.75 Å². The van der Waals surface area contributed by atoms with Crippen molar-refractivity contribution >= 4 is 32.3 Å². The van der Waals surface area contributed by atoms with Crippen LogP contribution >= 0.6 is 0 Å². The zero-order chi connectivity index (χ0) is 13.7. The third-order valence-electron chi connectivity index (χ3n) is 4.16. The first-order valence-corrected chi connectivity index (χ1v) is 6.79. The van der Waals surface area contributed by atoms with E-state index < -0.39 is 0 Å². The Morgan fingerprint density at radius 1 is 0.650 bits per heavy atom. The third-order valence-corrected chi connectivity index (χ3v) is 4.16. The van der Waals surface area contributed by atoms with Crippen LogP contribution in [0, 0.1) is 6.92 Å². The van der Waals surface area contributed by atoms with Crippen molar-refractivity contribution in [1.82, 2.24) is 0 Å². The Labute approximate surface area is 117 Å². The van der Waals surface area contributed by atoms with Gasteiger partial charge in [-0.2, -0.15) is 0 Å². The minimum atomic E-state index is 0.387. The van der Waals surface area contributed by atoms with Gasteiger partial charge < -0.3 is 5.11 Å². The summed E-state index contributed by atoms with van der Waals surface area (Å²) >= 11 is 0. The van der Waals surface area contributed by atoms with Crippen LogP contribution in [0.2, 0.25) is 0 Å². The van der Waals surface area contributed by atoms with Gasteiger partial charge in [-0.1, -0.05) is 60.7 Å². The van der Waals surface area contributed by atoms with Crippen LogP contribution in [-0.4, -0.2) is 5.11 Å². The third kappa shape index (κ3) is 1.38. The number of benzene rings is 4. The van der Waals surface area contributed by atoms with E-state index in [0.717, 1.165) is 32.3 Å². The second kappa shape index (κ2) is 3.97. The summed E-state index contributed by atoms with van der Waals surface area (Å²) in [6, 6.07) is 20.5. The van der Waals surface area contributed by atoms with Crippen molar-refractivity contribution in [2.45, 2.75) is 6.92 Å². The lowest BCUT2D eigenvalue weighted by atomic mass is 9.93. The highest BCUT2D eigenvalue weighted by molar-refractivity contribution is 6.18. The summed E-state index contributed by atoms with van der Waals surface area (Å²) in [6.45, 7) is 2.12.